The molecule has 0 saturated carbocycles. The third-order valence-corrected chi connectivity index (χ3v) is 3.76. The molecule has 0 fully saturated rings. The van der Waals surface area contributed by atoms with E-state index in [0.717, 1.165) is 23.2 Å². The largest absolute Gasteiger partial charge is 0.309 e. The highest BCUT2D eigenvalue weighted by Crippen LogP contribution is 2.20. The van der Waals surface area contributed by atoms with E-state index in [9.17, 15) is 5.26 Å². The number of rotatable bonds is 6. The molecule has 1 aromatic rings. The van der Waals surface area contributed by atoms with Crippen LogP contribution < -0.4 is 5.32 Å². The molecule has 0 aliphatic carbocycles. The van der Waals surface area contributed by atoms with Crippen LogP contribution in [0.25, 0.3) is 0 Å². The third kappa shape index (κ3) is 4.00. The van der Waals surface area contributed by atoms with Gasteiger partial charge in [0.05, 0.1) is 6.07 Å². The molecule has 0 aromatic carbocycles. The Morgan fingerprint density at radius 2 is 2.17 bits per heavy atom. The fourth-order valence-corrected chi connectivity index (χ4v) is 2.77. The minimum absolute atomic E-state index is 0.303. The SMILES string of the molecule is Cc1nnc(SCCC(C)(C#N)NC(C)C)n1C. The molecule has 0 aliphatic heterocycles. The lowest BCUT2D eigenvalue weighted by Crippen LogP contribution is -2.45. The Morgan fingerprint density at radius 1 is 1.50 bits per heavy atom. The van der Waals surface area contributed by atoms with Crippen LogP contribution in [0.5, 0.6) is 0 Å². The zero-order valence-electron chi connectivity index (χ0n) is 11.7. The first-order valence-corrected chi connectivity index (χ1v) is 7.04. The van der Waals surface area contributed by atoms with Gasteiger partial charge in [-0.25, -0.2) is 0 Å². The fraction of sp³-hybridized carbons (Fsp3) is 0.750. The predicted molar refractivity (Wildman–Crippen MR) is 73.4 cm³/mol. The van der Waals surface area contributed by atoms with Gasteiger partial charge in [-0.3, -0.25) is 5.32 Å². The molecule has 6 heteroatoms. The van der Waals surface area contributed by atoms with Gasteiger partial charge in [-0.15, -0.1) is 10.2 Å². The van der Waals surface area contributed by atoms with Crippen LogP contribution in [0.15, 0.2) is 5.16 Å². The van der Waals surface area contributed by atoms with Crippen LogP contribution in [0, 0.1) is 18.3 Å². The maximum atomic E-state index is 9.24. The standard InChI is InChI=1S/C12H21N5S/c1-9(2)14-12(4,8-13)6-7-18-11-16-15-10(3)17(11)5/h9,14H,6-7H2,1-5H3. The summed E-state index contributed by atoms with van der Waals surface area (Å²) < 4.78 is 1.96. The average molecular weight is 267 g/mol. The van der Waals surface area contributed by atoms with Crippen molar-refractivity contribution in [2.45, 2.75) is 50.9 Å². The second kappa shape index (κ2) is 6.21. The summed E-state index contributed by atoms with van der Waals surface area (Å²) in [6, 6.07) is 2.65. The minimum Gasteiger partial charge on any atom is -0.309 e. The molecule has 1 N–H and O–H groups in total. The Labute approximate surface area is 113 Å². The van der Waals surface area contributed by atoms with E-state index in [-0.39, 0.29) is 0 Å². The third-order valence-electron chi connectivity index (χ3n) is 2.74. The van der Waals surface area contributed by atoms with Gasteiger partial charge < -0.3 is 4.57 Å². The fourth-order valence-electron chi connectivity index (χ4n) is 1.66. The first kappa shape index (κ1) is 15.0. The summed E-state index contributed by atoms with van der Waals surface area (Å²) in [7, 11) is 1.95. The van der Waals surface area contributed by atoms with E-state index in [0.29, 0.717) is 6.04 Å². The number of thioether (sulfide) groups is 1. The topological polar surface area (TPSA) is 66.5 Å². The van der Waals surface area contributed by atoms with Crippen molar-refractivity contribution in [1.29, 1.82) is 5.26 Å². The highest BCUT2D eigenvalue weighted by Gasteiger charge is 2.24. The van der Waals surface area contributed by atoms with Gasteiger partial charge in [0, 0.05) is 18.8 Å². The van der Waals surface area contributed by atoms with Gasteiger partial charge >= 0.3 is 0 Å². The predicted octanol–water partition coefficient (Wildman–Crippen LogP) is 1.89. The number of nitrogens with one attached hydrogen (secondary N) is 1. The number of aromatic nitrogens is 3. The van der Waals surface area contributed by atoms with Crippen molar-refractivity contribution in [3.05, 3.63) is 5.82 Å². The molecule has 0 amide bonds. The van der Waals surface area contributed by atoms with Gasteiger partial charge in [0.15, 0.2) is 5.16 Å². The zero-order valence-corrected chi connectivity index (χ0v) is 12.5. The Balaban J connectivity index is 2.50. The van der Waals surface area contributed by atoms with Crippen molar-refractivity contribution in [2.75, 3.05) is 5.75 Å². The number of hydrogen-bond acceptors (Lipinski definition) is 5. The van der Waals surface area contributed by atoms with E-state index in [1.165, 1.54) is 0 Å². The van der Waals surface area contributed by atoms with Crippen LogP contribution in [-0.4, -0.2) is 32.1 Å². The van der Waals surface area contributed by atoms with Crippen LogP contribution in [0.3, 0.4) is 0 Å². The van der Waals surface area contributed by atoms with E-state index >= 15 is 0 Å². The van der Waals surface area contributed by atoms with E-state index in [1.807, 2.05) is 25.5 Å². The molecule has 1 heterocycles. The highest BCUT2D eigenvalue weighted by molar-refractivity contribution is 7.99. The van der Waals surface area contributed by atoms with Crippen molar-refractivity contribution < 1.29 is 0 Å². The lowest BCUT2D eigenvalue weighted by atomic mass is 10.0. The van der Waals surface area contributed by atoms with Gasteiger partial charge in [0.25, 0.3) is 0 Å². The van der Waals surface area contributed by atoms with Crippen molar-refractivity contribution >= 4 is 11.8 Å². The van der Waals surface area contributed by atoms with Crippen LogP contribution in [0.4, 0.5) is 0 Å². The van der Waals surface area contributed by atoms with Gasteiger partial charge in [0.2, 0.25) is 0 Å². The maximum absolute atomic E-state index is 9.24. The lowest BCUT2D eigenvalue weighted by Gasteiger charge is -2.25. The molecule has 100 valence electrons. The zero-order chi connectivity index (χ0) is 13.8. The molecule has 0 bridgehead atoms. The minimum atomic E-state index is -0.477. The molecule has 18 heavy (non-hydrogen) atoms. The second-order valence-corrected chi connectivity index (χ2v) is 5.99. The molecule has 0 saturated heterocycles. The number of hydrogen-bond donors (Lipinski definition) is 1. The molecule has 1 unspecified atom stereocenters. The normalized spacial score (nSPS) is 14.5. The second-order valence-electron chi connectivity index (χ2n) is 4.93. The molecule has 0 radical (unpaired) electrons. The highest BCUT2D eigenvalue weighted by atomic mass is 32.2. The Kier molecular flexibility index (Phi) is 5.17. The lowest BCUT2D eigenvalue weighted by molar-refractivity contribution is 0.397. The van der Waals surface area contributed by atoms with Crippen molar-refractivity contribution in [3.8, 4) is 6.07 Å². The van der Waals surface area contributed by atoms with Crippen LogP contribution >= 0.6 is 11.8 Å². The average Bonchev–Trinajstić information content (AvgIpc) is 2.60. The molecule has 1 aromatic heterocycles. The summed E-state index contributed by atoms with van der Waals surface area (Å²) in [6.07, 6.45) is 0.776. The van der Waals surface area contributed by atoms with E-state index < -0.39 is 5.54 Å². The first-order chi connectivity index (χ1) is 8.38. The molecular formula is C12H21N5S. The van der Waals surface area contributed by atoms with Crippen LogP contribution in [0.1, 0.15) is 33.0 Å². The van der Waals surface area contributed by atoms with Gasteiger partial charge in [-0.2, -0.15) is 5.26 Å². The monoisotopic (exact) mass is 267 g/mol. The number of nitriles is 1. The van der Waals surface area contributed by atoms with Gasteiger partial charge in [-0.1, -0.05) is 11.8 Å². The smallest absolute Gasteiger partial charge is 0.190 e. The maximum Gasteiger partial charge on any atom is 0.190 e. The van der Waals surface area contributed by atoms with Crippen molar-refractivity contribution in [2.24, 2.45) is 7.05 Å². The molecule has 0 aliphatic rings. The van der Waals surface area contributed by atoms with E-state index in [2.05, 4.69) is 35.4 Å². The summed E-state index contributed by atoms with van der Waals surface area (Å²) in [4.78, 5) is 0. The number of aryl methyl sites for hydroxylation is 1. The Hall–Kier alpha value is -1.06. The summed E-state index contributed by atoms with van der Waals surface area (Å²) in [5.74, 6) is 1.75. The first-order valence-electron chi connectivity index (χ1n) is 6.05. The van der Waals surface area contributed by atoms with Crippen molar-refractivity contribution in [1.82, 2.24) is 20.1 Å². The van der Waals surface area contributed by atoms with E-state index in [4.69, 9.17) is 0 Å². The molecule has 0 spiro atoms. The number of nitrogens with zero attached hydrogens (tertiary/aromatic N) is 4. The Morgan fingerprint density at radius 3 is 2.61 bits per heavy atom. The summed E-state index contributed by atoms with van der Waals surface area (Å²) in [6.45, 7) is 7.97. The van der Waals surface area contributed by atoms with Crippen LogP contribution in [0.2, 0.25) is 0 Å². The quantitative estimate of drug-likeness (QED) is 0.797. The summed E-state index contributed by atoms with van der Waals surface area (Å²) in [5, 5.41) is 21.5. The van der Waals surface area contributed by atoms with Crippen molar-refractivity contribution in [3.63, 3.8) is 0 Å². The molecule has 1 rings (SSSR count). The van der Waals surface area contributed by atoms with Gasteiger partial charge in [-0.05, 0) is 34.1 Å². The molecule has 1 atom stereocenters. The van der Waals surface area contributed by atoms with E-state index in [1.54, 1.807) is 11.8 Å². The van der Waals surface area contributed by atoms with Gasteiger partial charge in [0.1, 0.15) is 11.4 Å². The molecule has 5 nitrogen and oxygen atoms in total. The Bertz CT molecular complexity index is 434. The van der Waals surface area contributed by atoms with Crippen LogP contribution in [-0.2, 0) is 7.05 Å². The summed E-state index contributed by atoms with van der Waals surface area (Å²) >= 11 is 1.64. The summed E-state index contributed by atoms with van der Waals surface area (Å²) in [5.41, 5.74) is -0.477. The molecular weight excluding hydrogens is 246 g/mol.